The Morgan fingerprint density at radius 3 is 2.67 bits per heavy atom. The number of carbonyl (C=O) groups excluding carboxylic acids is 1. The molecule has 0 bridgehead atoms. The largest absolute Gasteiger partial charge is 0.480 e. The molecule has 0 unspecified atom stereocenters. The van der Waals surface area contributed by atoms with Crippen molar-refractivity contribution in [1.29, 1.82) is 0 Å². The van der Waals surface area contributed by atoms with Crippen molar-refractivity contribution >= 4 is 5.91 Å². The first-order chi connectivity index (χ1) is 9.85. The molecule has 0 radical (unpaired) electrons. The van der Waals surface area contributed by atoms with Gasteiger partial charge in [-0.3, -0.25) is 4.79 Å². The van der Waals surface area contributed by atoms with Crippen LogP contribution in [0.3, 0.4) is 0 Å². The number of ether oxygens (including phenoxy) is 1. The predicted molar refractivity (Wildman–Crippen MR) is 80.3 cm³/mol. The monoisotopic (exact) mass is 292 g/mol. The number of nitrogens with zero attached hydrogens (tertiary/aromatic N) is 1. The Kier molecular flexibility index (Phi) is 4.52. The summed E-state index contributed by atoms with van der Waals surface area (Å²) in [5.41, 5.74) is -0.136. The summed E-state index contributed by atoms with van der Waals surface area (Å²) in [6.45, 7) is 4.69. The average Bonchev–Trinajstić information content (AvgIpc) is 2.48. The van der Waals surface area contributed by atoms with Crippen LogP contribution in [0.5, 0.6) is 5.88 Å². The van der Waals surface area contributed by atoms with Crippen molar-refractivity contribution < 1.29 is 14.6 Å². The van der Waals surface area contributed by atoms with Crippen molar-refractivity contribution in [2.24, 2.45) is 5.41 Å². The topological polar surface area (TPSA) is 71.5 Å². The molecule has 1 heterocycles. The van der Waals surface area contributed by atoms with E-state index in [0.29, 0.717) is 24.3 Å². The van der Waals surface area contributed by atoms with Crippen LogP contribution in [-0.4, -0.2) is 35.3 Å². The average molecular weight is 292 g/mol. The highest BCUT2D eigenvalue weighted by molar-refractivity contribution is 5.96. The number of aromatic nitrogens is 1. The molecule has 5 nitrogen and oxygen atoms in total. The minimum atomic E-state index is -0.805. The first-order valence-corrected chi connectivity index (χ1v) is 7.35. The lowest BCUT2D eigenvalue weighted by Gasteiger charge is -2.40. The van der Waals surface area contributed by atoms with Crippen LogP contribution < -0.4 is 10.1 Å². The van der Waals surface area contributed by atoms with Crippen LogP contribution in [0.25, 0.3) is 0 Å². The first-order valence-electron chi connectivity index (χ1n) is 7.35. The van der Waals surface area contributed by atoms with E-state index in [1.165, 1.54) is 7.11 Å². The number of rotatable bonds is 4. The smallest absolute Gasteiger partial charge is 0.256 e. The van der Waals surface area contributed by atoms with E-state index in [1.54, 1.807) is 18.3 Å². The van der Waals surface area contributed by atoms with Gasteiger partial charge in [0.1, 0.15) is 5.56 Å². The SMILES string of the molecule is COc1ncccc1C(=O)NCC1(O)CCC(C)(C)CC1. The Bertz CT molecular complexity index is 504. The third-order valence-corrected chi connectivity index (χ3v) is 4.32. The minimum Gasteiger partial charge on any atom is -0.480 e. The number of amides is 1. The van der Waals surface area contributed by atoms with Gasteiger partial charge in [0.05, 0.1) is 12.7 Å². The van der Waals surface area contributed by atoms with Crippen LogP contribution in [0.1, 0.15) is 49.9 Å². The predicted octanol–water partition coefficient (Wildman–Crippen LogP) is 2.15. The molecule has 5 heteroatoms. The maximum Gasteiger partial charge on any atom is 0.256 e. The molecule has 2 N–H and O–H groups in total. The second kappa shape index (κ2) is 6.02. The lowest BCUT2D eigenvalue weighted by atomic mass is 9.71. The molecule has 1 aliphatic rings. The zero-order chi connectivity index (χ0) is 15.5. The van der Waals surface area contributed by atoms with Crippen molar-refractivity contribution in [3.8, 4) is 5.88 Å². The van der Waals surface area contributed by atoms with Gasteiger partial charge in [-0.25, -0.2) is 4.98 Å². The molecule has 21 heavy (non-hydrogen) atoms. The molecule has 0 aromatic carbocycles. The van der Waals surface area contributed by atoms with Crippen LogP contribution in [-0.2, 0) is 0 Å². The highest BCUT2D eigenvalue weighted by Gasteiger charge is 2.36. The molecule has 1 aliphatic carbocycles. The molecule has 0 spiro atoms. The third-order valence-electron chi connectivity index (χ3n) is 4.32. The molecular weight excluding hydrogens is 268 g/mol. The van der Waals surface area contributed by atoms with Crippen molar-refractivity contribution in [3.05, 3.63) is 23.9 Å². The van der Waals surface area contributed by atoms with Crippen molar-refractivity contribution in [3.63, 3.8) is 0 Å². The van der Waals surface area contributed by atoms with E-state index in [0.717, 1.165) is 12.8 Å². The zero-order valence-corrected chi connectivity index (χ0v) is 13.0. The number of carbonyl (C=O) groups is 1. The summed E-state index contributed by atoms with van der Waals surface area (Å²) in [5, 5.41) is 13.4. The molecule has 1 aromatic heterocycles. The number of hydrogen-bond acceptors (Lipinski definition) is 4. The van der Waals surface area contributed by atoms with E-state index in [4.69, 9.17) is 4.74 Å². The second-order valence-electron chi connectivity index (χ2n) is 6.63. The molecule has 1 aromatic rings. The highest BCUT2D eigenvalue weighted by atomic mass is 16.5. The van der Waals surface area contributed by atoms with Gasteiger partial charge in [0.25, 0.3) is 5.91 Å². The summed E-state index contributed by atoms with van der Waals surface area (Å²) in [4.78, 5) is 16.2. The van der Waals surface area contributed by atoms with Gasteiger partial charge >= 0.3 is 0 Å². The van der Waals surface area contributed by atoms with Crippen LogP contribution in [0.2, 0.25) is 0 Å². The Hall–Kier alpha value is -1.62. The second-order valence-corrected chi connectivity index (χ2v) is 6.63. The van der Waals surface area contributed by atoms with E-state index in [9.17, 15) is 9.90 Å². The molecule has 2 rings (SSSR count). The maximum atomic E-state index is 12.2. The summed E-state index contributed by atoms with van der Waals surface area (Å²) >= 11 is 0. The van der Waals surface area contributed by atoms with Crippen LogP contribution in [0.4, 0.5) is 0 Å². The summed E-state index contributed by atoms with van der Waals surface area (Å²) in [6, 6.07) is 3.35. The van der Waals surface area contributed by atoms with E-state index >= 15 is 0 Å². The fourth-order valence-electron chi connectivity index (χ4n) is 2.64. The van der Waals surface area contributed by atoms with Crippen LogP contribution in [0.15, 0.2) is 18.3 Å². The van der Waals surface area contributed by atoms with Gasteiger partial charge in [-0.15, -0.1) is 0 Å². The molecule has 1 amide bonds. The van der Waals surface area contributed by atoms with Crippen molar-refractivity contribution in [2.75, 3.05) is 13.7 Å². The lowest BCUT2D eigenvalue weighted by Crippen LogP contribution is -2.46. The third kappa shape index (κ3) is 3.94. The summed E-state index contributed by atoms with van der Waals surface area (Å²) in [6.07, 6.45) is 4.94. The number of aliphatic hydroxyl groups is 1. The number of methoxy groups -OCH3 is 1. The van der Waals surface area contributed by atoms with Crippen LogP contribution >= 0.6 is 0 Å². The van der Waals surface area contributed by atoms with Gasteiger partial charge < -0.3 is 15.2 Å². The molecule has 0 aliphatic heterocycles. The molecule has 1 saturated carbocycles. The minimum absolute atomic E-state index is 0.264. The summed E-state index contributed by atoms with van der Waals surface area (Å²) in [5.74, 6) is 0.0324. The van der Waals surface area contributed by atoms with Gasteiger partial charge in [-0.1, -0.05) is 13.8 Å². The summed E-state index contributed by atoms with van der Waals surface area (Å²) < 4.78 is 5.08. The highest BCUT2D eigenvalue weighted by Crippen LogP contribution is 2.39. The van der Waals surface area contributed by atoms with E-state index in [-0.39, 0.29) is 17.9 Å². The Morgan fingerprint density at radius 2 is 2.05 bits per heavy atom. The fraction of sp³-hybridized carbons (Fsp3) is 0.625. The van der Waals surface area contributed by atoms with Crippen LogP contribution in [0, 0.1) is 5.41 Å². The standard InChI is InChI=1S/C16H24N2O3/c1-15(2)6-8-16(20,9-7-15)11-18-13(19)12-5-4-10-17-14(12)21-3/h4-5,10,20H,6-9,11H2,1-3H3,(H,18,19). The zero-order valence-electron chi connectivity index (χ0n) is 13.0. The molecule has 116 valence electrons. The van der Waals surface area contributed by atoms with Gasteiger partial charge in [0.15, 0.2) is 0 Å². The first kappa shape index (κ1) is 15.8. The molecular formula is C16H24N2O3. The van der Waals surface area contributed by atoms with Gasteiger partial charge in [0, 0.05) is 12.7 Å². The Balaban J connectivity index is 1.95. The van der Waals surface area contributed by atoms with E-state index in [1.807, 2.05) is 0 Å². The van der Waals surface area contributed by atoms with E-state index in [2.05, 4.69) is 24.1 Å². The molecule has 0 atom stereocenters. The Labute approximate surface area is 125 Å². The number of nitrogens with one attached hydrogen (secondary N) is 1. The summed E-state index contributed by atoms with van der Waals surface area (Å²) in [7, 11) is 1.48. The lowest BCUT2D eigenvalue weighted by molar-refractivity contribution is -0.0233. The van der Waals surface area contributed by atoms with Gasteiger partial charge in [-0.05, 0) is 43.2 Å². The normalized spacial score (nSPS) is 19.8. The van der Waals surface area contributed by atoms with Crippen molar-refractivity contribution in [2.45, 2.75) is 45.1 Å². The van der Waals surface area contributed by atoms with Gasteiger partial charge in [-0.2, -0.15) is 0 Å². The Morgan fingerprint density at radius 1 is 1.38 bits per heavy atom. The number of hydrogen-bond donors (Lipinski definition) is 2. The fourth-order valence-corrected chi connectivity index (χ4v) is 2.64. The maximum absolute atomic E-state index is 12.2. The van der Waals surface area contributed by atoms with E-state index < -0.39 is 5.60 Å². The van der Waals surface area contributed by atoms with Gasteiger partial charge in [0.2, 0.25) is 5.88 Å². The quantitative estimate of drug-likeness (QED) is 0.892. The number of pyridine rings is 1. The molecule has 1 fully saturated rings. The molecule has 0 saturated heterocycles. The van der Waals surface area contributed by atoms with Crippen molar-refractivity contribution in [1.82, 2.24) is 10.3 Å².